The fraction of sp³-hybridized carbons (Fsp3) is 0.222. The van der Waals surface area contributed by atoms with Crippen LogP contribution in [0.4, 0.5) is 11.4 Å². The fourth-order valence-corrected chi connectivity index (χ4v) is 3.07. The van der Waals surface area contributed by atoms with Gasteiger partial charge in [0.1, 0.15) is 0 Å². The van der Waals surface area contributed by atoms with E-state index in [0.717, 1.165) is 5.69 Å². The van der Waals surface area contributed by atoms with E-state index in [2.05, 4.69) is 5.32 Å². The second kappa shape index (κ2) is 7.03. The summed E-state index contributed by atoms with van der Waals surface area (Å²) in [5, 5.41) is 3.41. The predicted molar refractivity (Wildman–Crippen MR) is 99.5 cm³/mol. The Hall–Kier alpha value is -2.73. The van der Waals surface area contributed by atoms with Crippen molar-refractivity contribution in [2.24, 2.45) is 0 Å². The third-order valence-corrected chi connectivity index (χ3v) is 4.15. The zero-order valence-electron chi connectivity index (χ0n) is 14.0. The van der Waals surface area contributed by atoms with E-state index in [1.807, 2.05) is 25.1 Å². The molecule has 0 saturated carbocycles. The van der Waals surface area contributed by atoms with Crippen LogP contribution in [0, 0.1) is 0 Å². The minimum atomic E-state index is -0.467. The minimum absolute atomic E-state index is 0.142. The molecule has 7 heteroatoms. The molecule has 1 aromatic heterocycles. The highest BCUT2D eigenvalue weighted by Gasteiger charge is 2.14. The van der Waals surface area contributed by atoms with Crippen LogP contribution in [0.15, 0.2) is 51.7 Å². The molecule has 1 amide bonds. The minimum Gasteiger partial charge on any atom is -0.408 e. The van der Waals surface area contributed by atoms with Crippen molar-refractivity contribution in [3.63, 3.8) is 0 Å². The first-order valence-corrected chi connectivity index (χ1v) is 8.19. The van der Waals surface area contributed by atoms with Crippen molar-refractivity contribution in [1.29, 1.82) is 0 Å². The summed E-state index contributed by atoms with van der Waals surface area (Å²) >= 11 is 6.20. The van der Waals surface area contributed by atoms with Gasteiger partial charge >= 0.3 is 5.76 Å². The number of aryl methyl sites for hydroxylation is 1. The number of benzene rings is 2. The molecule has 130 valence electrons. The molecule has 6 nitrogen and oxygen atoms in total. The summed E-state index contributed by atoms with van der Waals surface area (Å²) in [6.45, 7) is 0.236. The van der Waals surface area contributed by atoms with Gasteiger partial charge in [-0.2, -0.15) is 0 Å². The topological polar surface area (TPSA) is 67.5 Å². The highest BCUT2D eigenvalue weighted by atomic mass is 35.5. The molecule has 0 unspecified atom stereocenters. The molecule has 0 aliphatic heterocycles. The second-order valence-electron chi connectivity index (χ2n) is 5.82. The number of hydrogen-bond acceptors (Lipinski definition) is 4. The Morgan fingerprint density at radius 3 is 2.72 bits per heavy atom. The first-order valence-electron chi connectivity index (χ1n) is 7.81. The maximum atomic E-state index is 12.3. The Labute approximate surface area is 149 Å². The number of aromatic nitrogens is 1. The number of oxazole rings is 1. The maximum absolute atomic E-state index is 12.3. The molecule has 0 fully saturated rings. The van der Waals surface area contributed by atoms with E-state index in [9.17, 15) is 9.59 Å². The van der Waals surface area contributed by atoms with Gasteiger partial charge < -0.3 is 14.6 Å². The van der Waals surface area contributed by atoms with Crippen molar-refractivity contribution in [3.05, 3.63) is 58.0 Å². The lowest BCUT2D eigenvalue weighted by Crippen LogP contribution is -2.21. The van der Waals surface area contributed by atoms with Crippen molar-refractivity contribution < 1.29 is 9.21 Å². The van der Waals surface area contributed by atoms with Gasteiger partial charge in [-0.05, 0) is 24.3 Å². The molecule has 25 heavy (non-hydrogen) atoms. The van der Waals surface area contributed by atoms with E-state index in [4.69, 9.17) is 16.0 Å². The van der Waals surface area contributed by atoms with Crippen molar-refractivity contribution in [1.82, 2.24) is 4.57 Å². The highest BCUT2D eigenvalue weighted by Crippen LogP contribution is 2.32. The van der Waals surface area contributed by atoms with E-state index < -0.39 is 5.76 Å². The van der Waals surface area contributed by atoms with Gasteiger partial charge in [0.15, 0.2) is 5.58 Å². The first kappa shape index (κ1) is 17.1. The van der Waals surface area contributed by atoms with Crippen molar-refractivity contribution in [3.8, 4) is 0 Å². The highest BCUT2D eigenvalue weighted by molar-refractivity contribution is 6.34. The van der Waals surface area contributed by atoms with Crippen LogP contribution >= 0.6 is 11.6 Å². The van der Waals surface area contributed by atoms with E-state index in [0.29, 0.717) is 21.8 Å². The van der Waals surface area contributed by atoms with Gasteiger partial charge in [0.25, 0.3) is 0 Å². The molecule has 0 aliphatic rings. The van der Waals surface area contributed by atoms with Crippen LogP contribution in [0.3, 0.4) is 0 Å². The zero-order valence-corrected chi connectivity index (χ0v) is 14.7. The number of rotatable bonds is 5. The monoisotopic (exact) mass is 359 g/mol. The lowest BCUT2D eigenvalue weighted by molar-refractivity contribution is -0.116. The number of para-hydroxylation sites is 3. The number of nitrogens with zero attached hydrogens (tertiary/aromatic N) is 2. The molecule has 1 N–H and O–H groups in total. The van der Waals surface area contributed by atoms with E-state index in [1.165, 1.54) is 4.57 Å². The predicted octanol–water partition coefficient (Wildman–Crippen LogP) is 3.34. The third kappa shape index (κ3) is 3.53. The fourth-order valence-electron chi connectivity index (χ4n) is 2.72. The van der Waals surface area contributed by atoms with Gasteiger partial charge in [0, 0.05) is 27.1 Å². The number of carbonyl (C=O) groups is 1. The van der Waals surface area contributed by atoms with Crippen LogP contribution in [-0.2, 0) is 11.3 Å². The number of anilines is 2. The molecule has 2 aromatic carbocycles. The Morgan fingerprint density at radius 1 is 1.20 bits per heavy atom. The van der Waals surface area contributed by atoms with Crippen molar-refractivity contribution in [2.45, 2.75) is 13.0 Å². The van der Waals surface area contributed by atoms with Crippen LogP contribution in [-0.4, -0.2) is 24.6 Å². The number of amides is 1. The van der Waals surface area contributed by atoms with Gasteiger partial charge in [-0.3, -0.25) is 9.36 Å². The van der Waals surface area contributed by atoms with Crippen LogP contribution in [0.1, 0.15) is 6.42 Å². The molecule has 1 heterocycles. The van der Waals surface area contributed by atoms with Gasteiger partial charge in [0.05, 0.1) is 21.9 Å². The van der Waals surface area contributed by atoms with Crippen molar-refractivity contribution in [2.75, 3.05) is 24.3 Å². The standard InChI is InChI=1S/C18H18ClN3O3/c1-21(2)17-12(19)6-5-7-13(17)20-16(23)10-11-22-14-8-3-4-9-15(14)25-18(22)24/h3-9H,10-11H2,1-2H3,(H,20,23). The van der Waals surface area contributed by atoms with Gasteiger partial charge in [0.2, 0.25) is 5.91 Å². The van der Waals surface area contributed by atoms with E-state index in [-0.39, 0.29) is 18.9 Å². The third-order valence-electron chi connectivity index (χ3n) is 3.84. The largest absolute Gasteiger partial charge is 0.419 e. The molecule has 0 bridgehead atoms. The molecule has 3 rings (SSSR count). The normalized spacial score (nSPS) is 10.8. The lowest BCUT2D eigenvalue weighted by Gasteiger charge is -2.19. The maximum Gasteiger partial charge on any atom is 0.419 e. The van der Waals surface area contributed by atoms with Crippen LogP contribution in [0.25, 0.3) is 11.1 Å². The van der Waals surface area contributed by atoms with Gasteiger partial charge in [-0.15, -0.1) is 0 Å². The van der Waals surface area contributed by atoms with Gasteiger partial charge in [-0.1, -0.05) is 29.8 Å². The smallest absolute Gasteiger partial charge is 0.408 e. The van der Waals surface area contributed by atoms with E-state index >= 15 is 0 Å². The molecule has 0 saturated heterocycles. The number of fused-ring (bicyclic) bond motifs is 1. The second-order valence-corrected chi connectivity index (χ2v) is 6.22. The lowest BCUT2D eigenvalue weighted by atomic mass is 10.2. The van der Waals surface area contributed by atoms with E-state index in [1.54, 1.807) is 36.4 Å². The average molecular weight is 360 g/mol. The molecule has 0 radical (unpaired) electrons. The van der Waals surface area contributed by atoms with Crippen molar-refractivity contribution >= 4 is 40.0 Å². The Morgan fingerprint density at radius 2 is 1.96 bits per heavy atom. The molecular formula is C18H18ClN3O3. The summed E-state index contributed by atoms with van der Waals surface area (Å²) < 4.78 is 6.63. The molecule has 0 atom stereocenters. The molecule has 3 aromatic rings. The summed E-state index contributed by atoms with van der Waals surface area (Å²) in [6.07, 6.45) is 0.142. The number of carbonyl (C=O) groups excluding carboxylic acids is 1. The number of nitrogens with one attached hydrogen (secondary N) is 1. The average Bonchev–Trinajstić information content (AvgIpc) is 2.88. The Balaban J connectivity index is 1.75. The zero-order chi connectivity index (χ0) is 18.0. The molecule has 0 spiro atoms. The summed E-state index contributed by atoms with van der Waals surface area (Å²) in [6, 6.07) is 12.5. The summed E-state index contributed by atoms with van der Waals surface area (Å²) in [5.41, 5.74) is 2.56. The summed E-state index contributed by atoms with van der Waals surface area (Å²) in [5.74, 6) is -0.673. The number of halogens is 1. The Kier molecular flexibility index (Phi) is 4.81. The van der Waals surface area contributed by atoms with Crippen LogP contribution in [0.5, 0.6) is 0 Å². The Bertz CT molecular complexity index is 975. The molecule has 0 aliphatic carbocycles. The van der Waals surface area contributed by atoms with Crippen LogP contribution < -0.4 is 16.0 Å². The SMILES string of the molecule is CN(C)c1c(Cl)cccc1NC(=O)CCn1c(=O)oc2ccccc21. The van der Waals surface area contributed by atoms with Crippen LogP contribution in [0.2, 0.25) is 5.02 Å². The number of hydrogen-bond donors (Lipinski definition) is 1. The summed E-state index contributed by atoms with van der Waals surface area (Å²) in [4.78, 5) is 26.1. The van der Waals surface area contributed by atoms with Gasteiger partial charge in [-0.25, -0.2) is 4.79 Å². The quantitative estimate of drug-likeness (QED) is 0.758. The first-order chi connectivity index (χ1) is 12.0. The summed E-state index contributed by atoms with van der Waals surface area (Å²) in [7, 11) is 3.71. The molecular weight excluding hydrogens is 342 g/mol.